The number of carbonyl (C=O) groups is 1. The minimum atomic E-state index is 0.649. The number of benzene rings is 2. The summed E-state index contributed by atoms with van der Waals surface area (Å²) in [6.07, 6.45) is 0.865. The van der Waals surface area contributed by atoms with Gasteiger partial charge in [0.1, 0.15) is 0 Å². The van der Waals surface area contributed by atoms with E-state index < -0.39 is 0 Å². The number of aldehydes is 1. The molecule has 0 aliphatic rings. The summed E-state index contributed by atoms with van der Waals surface area (Å²) < 4.78 is 0. The van der Waals surface area contributed by atoms with Gasteiger partial charge >= 0.3 is 0 Å². The van der Waals surface area contributed by atoms with Gasteiger partial charge in [-0.3, -0.25) is 4.79 Å². The molecule has 0 aliphatic heterocycles. The van der Waals surface area contributed by atoms with E-state index in [0.717, 1.165) is 28.4 Å². The van der Waals surface area contributed by atoms with E-state index in [0.29, 0.717) is 10.6 Å². The standard InChI is InChI=1S/C16H10ClNO/c17-13-7-5-11(6-8-13)16-9-12(10-19)14-3-1-2-4-15(14)18-16/h1-10H. The number of carbonyl (C=O) groups excluding carboxylic acids is 1. The predicted octanol–water partition coefficient (Wildman–Crippen LogP) is 4.37. The van der Waals surface area contributed by atoms with Crippen LogP contribution in [0.25, 0.3) is 22.2 Å². The van der Waals surface area contributed by atoms with Crippen molar-refractivity contribution in [1.82, 2.24) is 4.98 Å². The highest BCUT2D eigenvalue weighted by molar-refractivity contribution is 6.30. The molecule has 0 atom stereocenters. The maximum Gasteiger partial charge on any atom is 0.150 e. The summed E-state index contributed by atoms with van der Waals surface area (Å²) in [5, 5.41) is 1.55. The summed E-state index contributed by atoms with van der Waals surface area (Å²) in [6.45, 7) is 0. The number of hydrogen-bond acceptors (Lipinski definition) is 2. The van der Waals surface area contributed by atoms with Crippen LogP contribution in [0, 0.1) is 0 Å². The molecule has 0 aliphatic carbocycles. The average Bonchev–Trinajstić information content (AvgIpc) is 2.47. The van der Waals surface area contributed by atoms with Crippen molar-refractivity contribution >= 4 is 28.8 Å². The maximum atomic E-state index is 11.2. The van der Waals surface area contributed by atoms with Crippen LogP contribution in [0.4, 0.5) is 0 Å². The zero-order chi connectivity index (χ0) is 13.2. The first-order valence-electron chi connectivity index (χ1n) is 5.89. The largest absolute Gasteiger partial charge is 0.298 e. The number of halogens is 1. The fourth-order valence-corrected chi connectivity index (χ4v) is 2.19. The molecular formula is C16H10ClNO. The van der Waals surface area contributed by atoms with Gasteiger partial charge in [0.05, 0.1) is 11.2 Å². The Morgan fingerprint density at radius 2 is 1.74 bits per heavy atom. The zero-order valence-electron chi connectivity index (χ0n) is 10.0. The lowest BCUT2D eigenvalue weighted by molar-refractivity contribution is 0.112. The van der Waals surface area contributed by atoms with Gasteiger partial charge in [-0.1, -0.05) is 41.9 Å². The summed E-state index contributed by atoms with van der Waals surface area (Å²) in [4.78, 5) is 15.8. The van der Waals surface area contributed by atoms with Crippen molar-refractivity contribution in [2.24, 2.45) is 0 Å². The molecule has 0 N–H and O–H groups in total. The lowest BCUT2D eigenvalue weighted by Crippen LogP contribution is -1.91. The van der Waals surface area contributed by atoms with Crippen LogP contribution in [0.1, 0.15) is 10.4 Å². The van der Waals surface area contributed by atoms with Gasteiger partial charge in [0.25, 0.3) is 0 Å². The Hall–Kier alpha value is -2.19. The van der Waals surface area contributed by atoms with Crippen molar-refractivity contribution < 1.29 is 4.79 Å². The van der Waals surface area contributed by atoms with E-state index in [9.17, 15) is 4.79 Å². The van der Waals surface area contributed by atoms with Gasteiger partial charge in [-0.25, -0.2) is 4.98 Å². The summed E-state index contributed by atoms with van der Waals surface area (Å²) in [5.41, 5.74) is 3.18. The molecule has 3 aromatic rings. The number of hydrogen-bond donors (Lipinski definition) is 0. The van der Waals surface area contributed by atoms with Crippen LogP contribution in [-0.2, 0) is 0 Å². The highest BCUT2D eigenvalue weighted by Crippen LogP contribution is 2.24. The Labute approximate surface area is 115 Å². The molecule has 2 nitrogen and oxygen atoms in total. The highest BCUT2D eigenvalue weighted by atomic mass is 35.5. The lowest BCUT2D eigenvalue weighted by Gasteiger charge is -2.06. The molecular weight excluding hydrogens is 258 g/mol. The van der Waals surface area contributed by atoms with Gasteiger partial charge in [-0.05, 0) is 24.3 Å². The molecule has 0 unspecified atom stereocenters. The van der Waals surface area contributed by atoms with Gasteiger partial charge in [-0.15, -0.1) is 0 Å². The maximum absolute atomic E-state index is 11.2. The Balaban J connectivity index is 2.24. The summed E-state index contributed by atoms with van der Waals surface area (Å²) in [7, 11) is 0. The van der Waals surface area contributed by atoms with Crippen molar-refractivity contribution in [2.45, 2.75) is 0 Å². The van der Waals surface area contributed by atoms with Crippen molar-refractivity contribution in [3.63, 3.8) is 0 Å². The molecule has 3 heteroatoms. The Bertz CT molecular complexity index is 750. The van der Waals surface area contributed by atoms with E-state index in [1.165, 1.54) is 0 Å². The van der Waals surface area contributed by atoms with Crippen LogP contribution < -0.4 is 0 Å². The molecule has 92 valence electrons. The second-order valence-electron chi connectivity index (χ2n) is 4.24. The highest BCUT2D eigenvalue weighted by Gasteiger charge is 2.06. The molecule has 1 aromatic heterocycles. The number of nitrogens with zero attached hydrogens (tertiary/aromatic N) is 1. The summed E-state index contributed by atoms with van der Waals surface area (Å²) in [6, 6.07) is 16.8. The minimum Gasteiger partial charge on any atom is -0.298 e. The topological polar surface area (TPSA) is 30.0 Å². The van der Waals surface area contributed by atoms with E-state index in [4.69, 9.17) is 11.6 Å². The van der Waals surface area contributed by atoms with Crippen molar-refractivity contribution in [3.8, 4) is 11.3 Å². The number of rotatable bonds is 2. The average molecular weight is 268 g/mol. The van der Waals surface area contributed by atoms with Crippen LogP contribution in [0.2, 0.25) is 5.02 Å². The van der Waals surface area contributed by atoms with Crippen LogP contribution in [0.5, 0.6) is 0 Å². The fraction of sp³-hybridized carbons (Fsp3) is 0. The molecule has 0 saturated heterocycles. The normalized spacial score (nSPS) is 10.6. The quantitative estimate of drug-likeness (QED) is 0.646. The van der Waals surface area contributed by atoms with Crippen LogP contribution in [0.15, 0.2) is 54.6 Å². The summed E-state index contributed by atoms with van der Waals surface area (Å²) >= 11 is 5.88. The van der Waals surface area contributed by atoms with Gasteiger partial charge in [0.15, 0.2) is 6.29 Å². The lowest BCUT2D eigenvalue weighted by atomic mass is 10.1. The number of para-hydroxylation sites is 1. The van der Waals surface area contributed by atoms with Crippen molar-refractivity contribution in [3.05, 3.63) is 65.2 Å². The van der Waals surface area contributed by atoms with Crippen LogP contribution in [0.3, 0.4) is 0 Å². The molecule has 2 aromatic carbocycles. The van der Waals surface area contributed by atoms with E-state index >= 15 is 0 Å². The number of pyridine rings is 1. The molecule has 3 rings (SSSR count). The van der Waals surface area contributed by atoms with Gasteiger partial charge in [0.2, 0.25) is 0 Å². The van der Waals surface area contributed by atoms with E-state index in [1.54, 1.807) is 6.07 Å². The molecule has 0 spiro atoms. The fourth-order valence-electron chi connectivity index (χ4n) is 2.07. The molecule has 0 fully saturated rings. The monoisotopic (exact) mass is 267 g/mol. The van der Waals surface area contributed by atoms with E-state index in [1.807, 2.05) is 48.5 Å². The first kappa shape index (κ1) is 11.9. The smallest absolute Gasteiger partial charge is 0.150 e. The third kappa shape index (κ3) is 2.23. The third-order valence-corrected chi connectivity index (χ3v) is 3.27. The number of fused-ring (bicyclic) bond motifs is 1. The summed E-state index contributed by atoms with van der Waals surface area (Å²) in [5.74, 6) is 0. The van der Waals surface area contributed by atoms with Gasteiger partial charge in [-0.2, -0.15) is 0 Å². The van der Waals surface area contributed by atoms with Gasteiger partial charge in [0, 0.05) is 21.5 Å². The molecule has 0 radical (unpaired) electrons. The van der Waals surface area contributed by atoms with E-state index in [-0.39, 0.29) is 0 Å². The molecule has 19 heavy (non-hydrogen) atoms. The minimum absolute atomic E-state index is 0.649. The SMILES string of the molecule is O=Cc1cc(-c2ccc(Cl)cc2)nc2ccccc12. The van der Waals surface area contributed by atoms with E-state index in [2.05, 4.69) is 4.98 Å². The van der Waals surface area contributed by atoms with Crippen molar-refractivity contribution in [2.75, 3.05) is 0 Å². The molecule has 1 heterocycles. The second kappa shape index (κ2) is 4.82. The Morgan fingerprint density at radius 1 is 1.00 bits per heavy atom. The molecule has 0 amide bonds. The first-order chi connectivity index (χ1) is 9.28. The Kier molecular flexibility index (Phi) is 3.02. The number of aromatic nitrogens is 1. The Morgan fingerprint density at radius 3 is 2.47 bits per heavy atom. The first-order valence-corrected chi connectivity index (χ1v) is 6.26. The zero-order valence-corrected chi connectivity index (χ0v) is 10.8. The van der Waals surface area contributed by atoms with Crippen molar-refractivity contribution in [1.29, 1.82) is 0 Å². The van der Waals surface area contributed by atoms with Crippen LogP contribution in [-0.4, -0.2) is 11.3 Å². The predicted molar refractivity (Wildman–Crippen MR) is 77.6 cm³/mol. The van der Waals surface area contributed by atoms with Gasteiger partial charge < -0.3 is 0 Å². The third-order valence-electron chi connectivity index (χ3n) is 3.02. The second-order valence-corrected chi connectivity index (χ2v) is 4.68. The molecule has 0 saturated carbocycles. The molecule has 0 bridgehead atoms. The van der Waals surface area contributed by atoms with Crippen LogP contribution >= 0.6 is 11.6 Å².